The number of aromatic nitrogens is 1. The fourth-order valence-electron chi connectivity index (χ4n) is 3.30. The SMILES string of the molecule is Nc1onc2c1CCC(c1ccc(CC3CC3)cc1)C2. The van der Waals surface area contributed by atoms with Crippen molar-refractivity contribution < 1.29 is 4.52 Å². The van der Waals surface area contributed by atoms with Crippen LogP contribution >= 0.6 is 0 Å². The van der Waals surface area contributed by atoms with E-state index in [1.807, 2.05) is 0 Å². The summed E-state index contributed by atoms with van der Waals surface area (Å²) in [6.07, 6.45) is 7.17. The lowest BCUT2D eigenvalue weighted by molar-refractivity contribution is 0.424. The lowest BCUT2D eigenvalue weighted by Crippen LogP contribution is -2.12. The van der Waals surface area contributed by atoms with Crippen molar-refractivity contribution in [3.8, 4) is 0 Å². The Hall–Kier alpha value is -1.77. The third kappa shape index (κ3) is 2.21. The molecule has 0 spiro atoms. The van der Waals surface area contributed by atoms with E-state index in [2.05, 4.69) is 29.4 Å². The van der Waals surface area contributed by atoms with Crippen LogP contribution in [0.25, 0.3) is 0 Å². The van der Waals surface area contributed by atoms with Gasteiger partial charge in [-0.1, -0.05) is 29.4 Å². The van der Waals surface area contributed by atoms with E-state index in [0.717, 1.165) is 36.4 Å². The summed E-state index contributed by atoms with van der Waals surface area (Å²) in [4.78, 5) is 0. The molecule has 1 saturated carbocycles. The Morgan fingerprint density at radius 1 is 1.15 bits per heavy atom. The summed E-state index contributed by atoms with van der Waals surface area (Å²) in [6, 6.07) is 9.22. The molecular formula is C17H20N2O. The van der Waals surface area contributed by atoms with E-state index in [9.17, 15) is 0 Å². The molecule has 2 aliphatic carbocycles. The Balaban J connectivity index is 1.50. The summed E-state index contributed by atoms with van der Waals surface area (Å²) in [5, 5.41) is 4.10. The van der Waals surface area contributed by atoms with Crippen LogP contribution in [-0.2, 0) is 19.3 Å². The van der Waals surface area contributed by atoms with Gasteiger partial charge in [0.25, 0.3) is 0 Å². The second-order valence-corrected chi connectivity index (χ2v) is 6.30. The smallest absolute Gasteiger partial charge is 0.225 e. The van der Waals surface area contributed by atoms with Gasteiger partial charge in [0, 0.05) is 12.0 Å². The number of fused-ring (bicyclic) bond motifs is 1. The maximum atomic E-state index is 5.79. The Labute approximate surface area is 119 Å². The van der Waals surface area contributed by atoms with Gasteiger partial charge in [-0.3, -0.25) is 0 Å². The van der Waals surface area contributed by atoms with Crippen molar-refractivity contribution in [1.82, 2.24) is 5.16 Å². The van der Waals surface area contributed by atoms with Crippen LogP contribution in [0.1, 0.15) is 47.6 Å². The van der Waals surface area contributed by atoms with E-state index in [0.29, 0.717) is 11.8 Å². The molecule has 1 aromatic heterocycles. The standard InChI is InChI=1S/C17H20N2O/c18-17-15-8-7-14(10-16(15)19-20-17)13-5-3-12(4-6-13)9-11-1-2-11/h3-6,11,14H,1-2,7-10,18H2. The van der Waals surface area contributed by atoms with Crippen LogP contribution in [0.15, 0.2) is 28.8 Å². The molecule has 2 N–H and O–H groups in total. The van der Waals surface area contributed by atoms with Crippen LogP contribution in [-0.4, -0.2) is 5.16 Å². The lowest BCUT2D eigenvalue weighted by Gasteiger charge is -2.21. The first-order chi connectivity index (χ1) is 9.79. The topological polar surface area (TPSA) is 52.0 Å². The molecule has 2 aromatic rings. The third-order valence-corrected chi connectivity index (χ3v) is 4.75. The molecule has 0 amide bonds. The van der Waals surface area contributed by atoms with E-state index >= 15 is 0 Å². The molecule has 2 aliphatic rings. The fourth-order valence-corrected chi connectivity index (χ4v) is 3.30. The fraction of sp³-hybridized carbons (Fsp3) is 0.471. The zero-order valence-corrected chi connectivity index (χ0v) is 11.6. The number of nitrogen functional groups attached to an aromatic ring is 1. The molecule has 20 heavy (non-hydrogen) atoms. The van der Waals surface area contributed by atoms with Crippen molar-refractivity contribution in [2.75, 3.05) is 5.73 Å². The molecule has 3 heteroatoms. The molecule has 3 nitrogen and oxygen atoms in total. The Bertz CT molecular complexity index is 610. The lowest BCUT2D eigenvalue weighted by atomic mass is 9.83. The van der Waals surface area contributed by atoms with Crippen LogP contribution in [0.5, 0.6) is 0 Å². The molecule has 0 aliphatic heterocycles. The molecule has 1 atom stereocenters. The molecule has 0 bridgehead atoms. The van der Waals surface area contributed by atoms with Gasteiger partial charge in [0.2, 0.25) is 5.88 Å². The highest BCUT2D eigenvalue weighted by atomic mass is 16.5. The minimum Gasteiger partial charge on any atom is -0.367 e. The minimum atomic E-state index is 0.512. The van der Waals surface area contributed by atoms with Gasteiger partial charge in [-0.2, -0.15) is 0 Å². The van der Waals surface area contributed by atoms with Gasteiger partial charge in [0.15, 0.2) is 0 Å². The summed E-state index contributed by atoms with van der Waals surface area (Å²) in [5.41, 5.74) is 10.9. The maximum Gasteiger partial charge on any atom is 0.225 e. The predicted octanol–water partition coefficient (Wildman–Crippen LogP) is 3.48. The Kier molecular flexibility index (Phi) is 2.79. The number of hydrogen-bond donors (Lipinski definition) is 1. The van der Waals surface area contributed by atoms with Crippen molar-refractivity contribution in [3.05, 3.63) is 46.6 Å². The number of benzene rings is 1. The van der Waals surface area contributed by atoms with Gasteiger partial charge in [0.05, 0.1) is 5.69 Å². The van der Waals surface area contributed by atoms with Crippen molar-refractivity contribution in [3.63, 3.8) is 0 Å². The molecule has 0 saturated heterocycles. The molecular weight excluding hydrogens is 248 g/mol. The molecule has 1 unspecified atom stereocenters. The molecule has 0 radical (unpaired) electrons. The average molecular weight is 268 g/mol. The van der Waals surface area contributed by atoms with Gasteiger partial charge in [0.1, 0.15) is 0 Å². The van der Waals surface area contributed by atoms with Crippen LogP contribution in [0.2, 0.25) is 0 Å². The Morgan fingerprint density at radius 2 is 1.95 bits per heavy atom. The molecule has 104 valence electrons. The van der Waals surface area contributed by atoms with Crippen LogP contribution in [0.3, 0.4) is 0 Å². The highest BCUT2D eigenvalue weighted by Gasteiger charge is 2.26. The highest BCUT2D eigenvalue weighted by molar-refractivity contribution is 5.42. The van der Waals surface area contributed by atoms with Crippen LogP contribution in [0.4, 0.5) is 5.88 Å². The van der Waals surface area contributed by atoms with Gasteiger partial charge < -0.3 is 10.3 Å². The molecule has 1 aromatic carbocycles. The van der Waals surface area contributed by atoms with E-state index in [1.165, 1.54) is 30.4 Å². The second-order valence-electron chi connectivity index (χ2n) is 6.30. The predicted molar refractivity (Wildman–Crippen MR) is 78.6 cm³/mol. The number of nitrogens with zero attached hydrogens (tertiary/aromatic N) is 1. The quantitative estimate of drug-likeness (QED) is 0.927. The average Bonchev–Trinajstić information content (AvgIpc) is 3.22. The summed E-state index contributed by atoms with van der Waals surface area (Å²) in [7, 11) is 0. The van der Waals surface area contributed by atoms with Crippen molar-refractivity contribution in [1.29, 1.82) is 0 Å². The van der Waals surface area contributed by atoms with Crippen molar-refractivity contribution in [2.24, 2.45) is 5.92 Å². The van der Waals surface area contributed by atoms with E-state index in [-0.39, 0.29) is 0 Å². The maximum absolute atomic E-state index is 5.79. The largest absolute Gasteiger partial charge is 0.367 e. The van der Waals surface area contributed by atoms with E-state index in [4.69, 9.17) is 10.3 Å². The zero-order chi connectivity index (χ0) is 13.5. The highest BCUT2D eigenvalue weighted by Crippen LogP contribution is 2.36. The molecule has 4 rings (SSSR count). The van der Waals surface area contributed by atoms with Gasteiger partial charge in [-0.15, -0.1) is 0 Å². The van der Waals surface area contributed by atoms with Gasteiger partial charge in [-0.05, 0) is 55.1 Å². The third-order valence-electron chi connectivity index (χ3n) is 4.75. The minimum absolute atomic E-state index is 0.512. The van der Waals surface area contributed by atoms with Gasteiger partial charge >= 0.3 is 0 Å². The second kappa shape index (κ2) is 4.65. The Morgan fingerprint density at radius 3 is 2.70 bits per heavy atom. The first-order valence-electron chi connectivity index (χ1n) is 7.61. The van der Waals surface area contributed by atoms with Crippen molar-refractivity contribution in [2.45, 2.75) is 44.4 Å². The monoisotopic (exact) mass is 268 g/mol. The molecule has 1 heterocycles. The number of anilines is 1. The first kappa shape index (κ1) is 12.0. The van der Waals surface area contributed by atoms with E-state index in [1.54, 1.807) is 0 Å². The number of hydrogen-bond acceptors (Lipinski definition) is 3. The summed E-state index contributed by atoms with van der Waals surface area (Å²) in [6.45, 7) is 0. The van der Waals surface area contributed by atoms with Crippen LogP contribution in [0, 0.1) is 5.92 Å². The molecule has 1 fully saturated rings. The zero-order valence-electron chi connectivity index (χ0n) is 11.6. The van der Waals surface area contributed by atoms with E-state index < -0.39 is 0 Å². The van der Waals surface area contributed by atoms with Crippen LogP contribution < -0.4 is 5.73 Å². The summed E-state index contributed by atoms with van der Waals surface area (Å²) in [5.74, 6) is 2.02. The van der Waals surface area contributed by atoms with Gasteiger partial charge in [-0.25, -0.2) is 0 Å². The first-order valence-corrected chi connectivity index (χ1v) is 7.61. The summed E-state index contributed by atoms with van der Waals surface area (Å²) < 4.78 is 5.10. The normalized spacial score (nSPS) is 21.7. The number of rotatable bonds is 3. The van der Waals surface area contributed by atoms with Crippen molar-refractivity contribution >= 4 is 5.88 Å². The number of nitrogens with two attached hydrogens (primary N) is 1. The summed E-state index contributed by atoms with van der Waals surface area (Å²) >= 11 is 0.